The maximum absolute atomic E-state index is 5.28. The van der Waals surface area contributed by atoms with Gasteiger partial charge in [-0.25, -0.2) is 0 Å². The molecule has 106 valence electrons. The van der Waals surface area contributed by atoms with Crippen LogP contribution in [0, 0.1) is 0 Å². The van der Waals surface area contributed by atoms with E-state index < -0.39 is 0 Å². The molecular formula is C15H19N3O2. The van der Waals surface area contributed by atoms with Crippen molar-refractivity contribution in [2.45, 2.75) is 19.4 Å². The number of nitrogens with one attached hydrogen (secondary N) is 1. The van der Waals surface area contributed by atoms with Crippen LogP contribution in [0.3, 0.4) is 0 Å². The van der Waals surface area contributed by atoms with Crippen molar-refractivity contribution in [1.29, 1.82) is 0 Å². The number of hydrogen-bond donors (Lipinski definition) is 1. The van der Waals surface area contributed by atoms with Crippen molar-refractivity contribution in [2.24, 2.45) is 0 Å². The second-order valence-corrected chi connectivity index (χ2v) is 4.52. The van der Waals surface area contributed by atoms with Gasteiger partial charge in [0.15, 0.2) is 5.82 Å². The lowest BCUT2D eigenvalue weighted by Gasteiger charge is -2.04. The molecule has 5 nitrogen and oxygen atoms in total. The molecule has 0 bridgehead atoms. The number of rotatable bonds is 6. The van der Waals surface area contributed by atoms with Crippen molar-refractivity contribution in [2.75, 3.05) is 14.2 Å². The third kappa shape index (κ3) is 3.68. The van der Waals surface area contributed by atoms with Gasteiger partial charge < -0.3 is 14.6 Å². The Balaban J connectivity index is 2.08. The molecule has 1 aromatic carbocycles. The number of ether oxygens (including phenoxy) is 1. The van der Waals surface area contributed by atoms with E-state index in [0.717, 1.165) is 17.7 Å². The van der Waals surface area contributed by atoms with Gasteiger partial charge in [-0.05, 0) is 26.1 Å². The molecule has 1 aromatic heterocycles. The molecule has 0 aliphatic heterocycles. The molecular weight excluding hydrogens is 254 g/mol. The molecule has 1 heterocycles. The summed E-state index contributed by atoms with van der Waals surface area (Å²) in [4.78, 5) is 4.32. The first-order valence-electron chi connectivity index (χ1n) is 6.54. The second-order valence-electron chi connectivity index (χ2n) is 4.52. The number of nitrogens with zero attached hydrogens (tertiary/aromatic N) is 2. The number of aromatic nitrogens is 2. The van der Waals surface area contributed by atoms with Gasteiger partial charge in [0.25, 0.3) is 5.89 Å². The van der Waals surface area contributed by atoms with Gasteiger partial charge in [0.1, 0.15) is 5.75 Å². The molecule has 5 heteroatoms. The summed E-state index contributed by atoms with van der Waals surface area (Å²) in [5, 5.41) is 7.09. The van der Waals surface area contributed by atoms with E-state index in [1.54, 1.807) is 13.2 Å². The topological polar surface area (TPSA) is 60.2 Å². The Kier molecular flexibility index (Phi) is 4.90. The fourth-order valence-corrected chi connectivity index (χ4v) is 1.76. The highest BCUT2D eigenvalue weighted by Gasteiger charge is 2.07. The van der Waals surface area contributed by atoms with Crippen LogP contribution in [0.25, 0.3) is 12.2 Å². The number of benzene rings is 1. The third-order valence-corrected chi connectivity index (χ3v) is 3.01. The highest BCUT2D eigenvalue weighted by atomic mass is 16.5. The number of para-hydroxylation sites is 1. The van der Waals surface area contributed by atoms with Crippen LogP contribution in [0.2, 0.25) is 0 Å². The Morgan fingerprint density at radius 3 is 2.90 bits per heavy atom. The van der Waals surface area contributed by atoms with Crippen LogP contribution >= 0.6 is 0 Å². The van der Waals surface area contributed by atoms with Gasteiger partial charge in [-0.1, -0.05) is 23.4 Å². The summed E-state index contributed by atoms with van der Waals surface area (Å²) >= 11 is 0. The van der Waals surface area contributed by atoms with Gasteiger partial charge in [0.05, 0.1) is 7.11 Å². The minimum Gasteiger partial charge on any atom is -0.496 e. The lowest BCUT2D eigenvalue weighted by atomic mass is 10.2. The molecule has 0 saturated heterocycles. The van der Waals surface area contributed by atoms with Crippen molar-refractivity contribution >= 4 is 12.2 Å². The van der Waals surface area contributed by atoms with Crippen LogP contribution in [0.5, 0.6) is 5.75 Å². The molecule has 2 rings (SSSR count). The summed E-state index contributed by atoms with van der Waals surface area (Å²) in [5.74, 6) is 2.01. The predicted molar refractivity (Wildman–Crippen MR) is 78.4 cm³/mol. The van der Waals surface area contributed by atoms with Gasteiger partial charge >= 0.3 is 0 Å². The van der Waals surface area contributed by atoms with E-state index >= 15 is 0 Å². The zero-order chi connectivity index (χ0) is 14.4. The average molecular weight is 273 g/mol. The van der Waals surface area contributed by atoms with Crippen LogP contribution in [-0.2, 0) is 6.42 Å². The lowest BCUT2D eigenvalue weighted by Crippen LogP contribution is -2.24. The smallest absolute Gasteiger partial charge is 0.250 e. The van der Waals surface area contributed by atoms with Crippen molar-refractivity contribution in [1.82, 2.24) is 15.5 Å². The molecule has 0 aliphatic rings. The average Bonchev–Trinajstić information content (AvgIpc) is 2.92. The first-order chi connectivity index (χ1) is 9.72. The normalized spacial score (nSPS) is 12.8. The fraction of sp³-hybridized carbons (Fsp3) is 0.333. The van der Waals surface area contributed by atoms with E-state index in [0.29, 0.717) is 17.8 Å². The molecule has 0 radical (unpaired) electrons. The van der Waals surface area contributed by atoms with Crippen LogP contribution in [-0.4, -0.2) is 30.3 Å². The largest absolute Gasteiger partial charge is 0.496 e. The van der Waals surface area contributed by atoms with E-state index in [9.17, 15) is 0 Å². The molecule has 0 aliphatic carbocycles. The third-order valence-electron chi connectivity index (χ3n) is 3.01. The molecule has 0 saturated carbocycles. The molecule has 1 N–H and O–H groups in total. The fourth-order valence-electron chi connectivity index (χ4n) is 1.76. The van der Waals surface area contributed by atoms with Crippen molar-refractivity contribution < 1.29 is 9.26 Å². The molecule has 2 aromatic rings. The molecule has 0 fully saturated rings. The van der Waals surface area contributed by atoms with Crippen LogP contribution in [0.15, 0.2) is 28.8 Å². The van der Waals surface area contributed by atoms with Gasteiger partial charge in [-0.3, -0.25) is 0 Å². The molecule has 1 unspecified atom stereocenters. The molecule has 20 heavy (non-hydrogen) atoms. The van der Waals surface area contributed by atoms with E-state index in [4.69, 9.17) is 9.26 Å². The summed E-state index contributed by atoms with van der Waals surface area (Å²) in [6.07, 6.45) is 4.43. The maximum atomic E-state index is 5.28. The number of methoxy groups -OCH3 is 1. The standard InChI is InChI=1S/C15H19N3O2/c1-11(16-2)10-14-17-15(20-18-14)9-8-12-6-4-5-7-13(12)19-3/h4-9,11,16H,10H2,1-3H3/b9-8+. The molecule has 1 atom stereocenters. The zero-order valence-corrected chi connectivity index (χ0v) is 12.0. The lowest BCUT2D eigenvalue weighted by molar-refractivity contribution is 0.400. The highest BCUT2D eigenvalue weighted by molar-refractivity contribution is 5.69. The van der Waals surface area contributed by atoms with Crippen molar-refractivity contribution in [3.8, 4) is 5.75 Å². The predicted octanol–water partition coefficient (Wildman–Crippen LogP) is 2.40. The summed E-state index contributed by atoms with van der Waals surface area (Å²) in [5.41, 5.74) is 0.971. The van der Waals surface area contributed by atoms with Gasteiger partial charge in [-0.2, -0.15) is 4.98 Å². The van der Waals surface area contributed by atoms with E-state index in [2.05, 4.69) is 22.4 Å². The Bertz CT molecular complexity index is 578. The summed E-state index contributed by atoms with van der Waals surface area (Å²) < 4.78 is 10.5. The SMILES string of the molecule is CNC(C)Cc1noc(/C=C/c2ccccc2OC)n1. The molecule has 0 amide bonds. The number of hydrogen-bond acceptors (Lipinski definition) is 5. The van der Waals surface area contributed by atoms with Crippen LogP contribution in [0.1, 0.15) is 24.2 Å². The van der Waals surface area contributed by atoms with E-state index in [-0.39, 0.29) is 0 Å². The highest BCUT2D eigenvalue weighted by Crippen LogP contribution is 2.19. The maximum Gasteiger partial charge on any atom is 0.250 e. The van der Waals surface area contributed by atoms with Gasteiger partial charge in [-0.15, -0.1) is 0 Å². The van der Waals surface area contributed by atoms with Crippen LogP contribution in [0.4, 0.5) is 0 Å². The van der Waals surface area contributed by atoms with E-state index in [1.165, 1.54) is 0 Å². The summed E-state index contributed by atoms with van der Waals surface area (Å²) in [7, 11) is 3.56. The first-order valence-corrected chi connectivity index (χ1v) is 6.54. The minimum absolute atomic E-state index is 0.318. The van der Waals surface area contributed by atoms with Crippen molar-refractivity contribution in [3.05, 3.63) is 41.5 Å². The summed E-state index contributed by atoms with van der Waals surface area (Å²) in [6, 6.07) is 8.08. The first kappa shape index (κ1) is 14.3. The zero-order valence-electron chi connectivity index (χ0n) is 12.0. The Labute approximate surface area is 118 Å². The quantitative estimate of drug-likeness (QED) is 0.875. The summed E-state index contributed by atoms with van der Waals surface area (Å²) in [6.45, 7) is 2.07. The molecule has 0 spiro atoms. The Hall–Kier alpha value is -2.14. The number of likely N-dealkylation sites (N-methyl/N-ethyl adjacent to an activating group) is 1. The second kappa shape index (κ2) is 6.86. The Morgan fingerprint density at radius 2 is 2.15 bits per heavy atom. The van der Waals surface area contributed by atoms with E-state index in [1.807, 2.05) is 37.4 Å². The van der Waals surface area contributed by atoms with Gasteiger partial charge in [0, 0.05) is 24.1 Å². The van der Waals surface area contributed by atoms with Gasteiger partial charge in [0.2, 0.25) is 0 Å². The Morgan fingerprint density at radius 1 is 1.35 bits per heavy atom. The van der Waals surface area contributed by atoms with Crippen molar-refractivity contribution in [3.63, 3.8) is 0 Å². The minimum atomic E-state index is 0.318. The van der Waals surface area contributed by atoms with Crippen LogP contribution < -0.4 is 10.1 Å². The monoisotopic (exact) mass is 273 g/mol.